The van der Waals surface area contributed by atoms with Crippen LogP contribution in [0.4, 0.5) is 0 Å². The molecule has 0 aromatic carbocycles. The average molecular weight is 558 g/mol. The van der Waals surface area contributed by atoms with Crippen molar-refractivity contribution in [1.29, 1.82) is 0 Å². The highest BCUT2D eigenvalue weighted by Gasteiger charge is 2.27. The number of aliphatic hydroxyl groups excluding tert-OH is 1. The summed E-state index contributed by atoms with van der Waals surface area (Å²) in [5.41, 5.74) is 2.01. The second-order valence-corrected chi connectivity index (χ2v) is 9.18. The molecule has 0 spiro atoms. The van der Waals surface area contributed by atoms with E-state index in [2.05, 4.69) is 57.7 Å². The second kappa shape index (κ2) is 12.9. The maximum Gasteiger partial charge on any atom is 0.106 e. The number of hydrogen-bond donors (Lipinski definition) is 1. The Labute approximate surface area is 201 Å². The SMILES string of the molecule is Brc1cccc(CN2CCOCC2)n1.CC(O)C(c1cccc(Br)n1)N1CCOCC1. The van der Waals surface area contributed by atoms with Gasteiger partial charge in [-0.25, -0.2) is 9.97 Å². The molecule has 9 heteroatoms. The van der Waals surface area contributed by atoms with Crippen LogP contribution in [0.25, 0.3) is 0 Å². The molecule has 2 unspecified atom stereocenters. The zero-order valence-electron chi connectivity index (χ0n) is 17.8. The van der Waals surface area contributed by atoms with Crippen LogP contribution in [0, 0.1) is 0 Å². The van der Waals surface area contributed by atoms with Crippen LogP contribution in [0.15, 0.2) is 45.6 Å². The fourth-order valence-electron chi connectivity index (χ4n) is 3.71. The van der Waals surface area contributed by atoms with Gasteiger partial charge in [-0.15, -0.1) is 0 Å². The molecule has 2 aromatic rings. The summed E-state index contributed by atoms with van der Waals surface area (Å²) in [5, 5.41) is 9.97. The first kappa shape index (κ1) is 24.7. The lowest BCUT2D eigenvalue weighted by atomic mass is 10.1. The van der Waals surface area contributed by atoms with Crippen molar-refractivity contribution in [3.8, 4) is 0 Å². The lowest BCUT2D eigenvalue weighted by molar-refractivity contribution is -0.0193. The second-order valence-electron chi connectivity index (χ2n) is 7.56. The van der Waals surface area contributed by atoms with E-state index in [1.165, 1.54) is 0 Å². The molecule has 2 saturated heterocycles. The van der Waals surface area contributed by atoms with E-state index < -0.39 is 6.10 Å². The van der Waals surface area contributed by atoms with Gasteiger partial charge in [0.2, 0.25) is 0 Å². The first-order chi connectivity index (χ1) is 15.0. The van der Waals surface area contributed by atoms with E-state index in [-0.39, 0.29) is 6.04 Å². The largest absolute Gasteiger partial charge is 0.391 e. The Morgan fingerprint density at radius 2 is 1.48 bits per heavy atom. The quantitative estimate of drug-likeness (QED) is 0.566. The molecule has 4 heterocycles. The molecule has 2 fully saturated rings. The van der Waals surface area contributed by atoms with E-state index in [1.54, 1.807) is 0 Å². The Morgan fingerprint density at radius 1 is 0.903 bits per heavy atom. The molecule has 2 aliphatic rings. The maximum atomic E-state index is 9.97. The van der Waals surface area contributed by atoms with Crippen molar-refractivity contribution >= 4 is 31.9 Å². The van der Waals surface area contributed by atoms with Gasteiger partial charge in [0, 0.05) is 32.7 Å². The topological polar surface area (TPSA) is 71.0 Å². The Morgan fingerprint density at radius 3 is 2.06 bits per heavy atom. The molecule has 1 N–H and O–H groups in total. The molecule has 0 saturated carbocycles. The molecular weight excluding hydrogens is 528 g/mol. The zero-order valence-corrected chi connectivity index (χ0v) is 21.0. The maximum absolute atomic E-state index is 9.97. The Balaban J connectivity index is 0.000000179. The Bertz CT molecular complexity index is 800. The van der Waals surface area contributed by atoms with Gasteiger partial charge < -0.3 is 14.6 Å². The molecule has 0 bridgehead atoms. The van der Waals surface area contributed by atoms with Gasteiger partial charge in [-0.05, 0) is 63.0 Å². The average Bonchev–Trinajstić information content (AvgIpc) is 2.76. The minimum Gasteiger partial charge on any atom is -0.391 e. The molecule has 0 aliphatic carbocycles. The van der Waals surface area contributed by atoms with E-state index in [1.807, 2.05) is 37.3 Å². The number of rotatable bonds is 5. The van der Waals surface area contributed by atoms with Gasteiger partial charge in [0.1, 0.15) is 9.21 Å². The van der Waals surface area contributed by atoms with Crippen molar-refractivity contribution in [2.24, 2.45) is 0 Å². The molecule has 2 aromatic heterocycles. The number of aromatic nitrogens is 2. The van der Waals surface area contributed by atoms with Crippen LogP contribution < -0.4 is 0 Å². The van der Waals surface area contributed by atoms with Gasteiger partial charge in [-0.2, -0.15) is 0 Å². The van der Waals surface area contributed by atoms with Gasteiger partial charge in [-0.3, -0.25) is 9.80 Å². The minimum atomic E-state index is -0.449. The van der Waals surface area contributed by atoms with Gasteiger partial charge in [0.05, 0.1) is 50.0 Å². The van der Waals surface area contributed by atoms with Crippen LogP contribution in [0.2, 0.25) is 0 Å². The van der Waals surface area contributed by atoms with Gasteiger partial charge in [-0.1, -0.05) is 12.1 Å². The summed E-state index contributed by atoms with van der Waals surface area (Å²) in [5.74, 6) is 0. The summed E-state index contributed by atoms with van der Waals surface area (Å²) in [4.78, 5) is 13.4. The molecule has 31 heavy (non-hydrogen) atoms. The normalized spacial score (nSPS) is 19.9. The van der Waals surface area contributed by atoms with E-state index >= 15 is 0 Å². The Hall–Kier alpha value is -0.940. The predicted octanol–water partition coefficient (Wildman–Crippen LogP) is 3.27. The van der Waals surface area contributed by atoms with E-state index in [4.69, 9.17) is 9.47 Å². The van der Waals surface area contributed by atoms with Crippen molar-refractivity contribution in [1.82, 2.24) is 19.8 Å². The predicted molar refractivity (Wildman–Crippen MR) is 127 cm³/mol. The number of morpholine rings is 2. The van der Waals surface area contributed by atoms with Crippen LogP contribution in [0.1, 0.15) is 24.4 Å². The summed E-state index contributed by atoms with van der Waals surface area (Å²) >= 11 is 6.74. The Kier molecular flexibility index (Phi) is 10.3. The molecular formula is C22H30Br2N4O3. The van der Waals surface area contributed by atoms with Gasteiger partial charge >= 0.3 is 0 Å². The van der Waals surface area contributed by atoms with Crippen molar-refractivity contribution in [2.75, 3.05) is 52.6 Å². The number of aliphatic hydroxyl groups is 1. The highest BCUT2D eigenvalue weighted by Crippen LogP contribution is 2.25. The highest BCUT2D eigenvalue weighted by atomic mass is 79.9. The molecule has 4 rings (SSSR count). The van der Waals surface area contributed by atoms with Crippen LogP contribution in [-0.2, 0) is 16.0 Å². The van der Waals surface area contributed by atoms with Crippen LogP contribution >= 0.6 is 31.9 Å². The summed E-state index contributed by atoms with van der Waals surface area (Å²) < 4.78 is 12.3. The number of pyridine rings is 2. The molecule has 0 amide bonds. The van der Waals surface area contributed by atoms with Crippen molar-refractivity contribution in [2.45, 2.75) is 25.6 Å². The first-order valence-electron chi connectivity index (χ1n) is 10.6. The third-order valence-electron chi connectivity index (χ3n) is 5.20. The molecule has 0 radical (unpaired) electrons. The molecule has 170 valence electrons. The molecule has 7 nitrogen and oxygen atoms in total. The number of ether oxygens (including phenoxy) is 2. The van der Waals surface area contributed by atoms with E-state index in [0.717, 1.165) is 79.7 Å². The van der Waals surface area contributed by atoms with Crippen molar-refractivity contribution in [3.63, 3.8) is 0 Å². The van der Waals surface area contributed by atoms with Crippen LogP contribution in [0.5, 0.6) is 0 Å². The van der Waals surface area contributed by atoms with E-state index in [9.17, 15) is 5.11 Å². The standard InChI is InChI=1S/C12H17BrN2O2.C10H13BrN2O/c1-9(16)12(15-5-7-17-8-6-15)10-3-2-4-11(13)14-10;11-10-3-1-2-9(12-10)8-13-4-6-14-7-5-13/h2-4,9,12,16H,5-8H2,1H3;1-3H,4-8H2. The van der Waals surface area contributed by atoms with Crippen molar-refractivity contribution < 1.29 is 14.6 Å². The fraction of sp³-hybridized carbons (Fsp3) is 0.545. The van der Waals surface area contributed by atoms with Crippen molar-refractivity contribution in [3.05, 3.63) is 57.0 Å². The van der Waals surface area contributed by atoms with Crippen LogP contribution in [-0.4, -0.2) is 83.6 Å². The van der Waals surface area contributed by atoms with Gasteiger partial charge in [0.25, 0.3) is 0 Å². The lowest BCUT2D eigenvalue weighted by Gasteiger charge is -2.35. The lowest BCUT2D eigenvalue weighted by Crippen LogP contribution is -2.43. The minimum absolute atomic E-state index is 0.0589. The summed E-state index contributed by atoms with van der Waals surface area (Å²) in [6, 6.07) is 11.8. The third kappa shape index (κ3) is 8.16. The molecule has 2 atom stereocenters. The third-order valence-corrected chi connectivity index (χ3v) is 6.08. The van der Waals surface area contributed by atoms with Crippen LogP contribution in [0.3, 0.4) is 0 Å². The summed E-state index contributed by atoms with van der Waals surface area (Å²) in [6.45, 7) is 9.54. The summed E-state index contributed by atoms with van der Waals surface area (Å²) in [7, 11) is 0. The first-order valence-corrected chi connectivity index (χ1v) is 12.2. The zero-order chi connectivity index (χ0) is 22.1. The smallest absolute Gasteiger partial charge is 0.106 e. The fourth-order valence-corrected chi connectivity index (χ4v) is 4.45. The molecule has 2 aliphatic heterocycles. The number of hydrogen-bond acceptors (Lipinski definition) is 7. The highest BCUT2D eigenvalue weighted by molar-refractivity contribution is 9.10. The monoisotopic (exact) mass is 556 g/mol. The number of nitrogens with zero attached hydrogens (tertiary/aromatic N) is 4. The van der Waals surface area contributed by atoms with E-state index in [0.29, 0.717) is 0 Å². The van der Waals surface area contributed by atoms with Gasteiger partial charge in [0.15, 0.2) is 0 Å². The number of halogens is 2. The summed E-state index contributed by atoms with van der Waals surface area (Å²) in [6.07, 6.45) is -0.449.